The summed E-state index contributed by atoms with van der Waals surface area (Å²) in [5.74, 6) is 1.53. The second-order valence-electron chi connectivity index (χ2n) is 11.1. The molecular weight excluding hydrogens is 450 g/mol. The molecule has 0 fully saturated rings. The van der Waals surface area contributed by atoms with E-state index in [9.17, 15) is 4.79 Å². The van der Waals surface area contributed by atoms with Crippen LogP contribution in [0.3, 0.4) is 0 Å². The van der Waals surface area contributed by atoms with E-state index in [2.05, 4.69) is 57.3 Å². The van der Waals surface area contributed by atoms with Crippen molar-refractivity contribution >= 4 is 17.4 Å². The average molecular weight is 486 g/mol. The number of benzene rings is 2. The molecule has 4 rings (SSSR count). The van der Waals surface area contributed by atoms with Gasteiger partial charge < -0.3 is 14.8 Å². The Morgan fingerprint density at radius 3 is 2.42 bits per heavy atom. The summed E-state index contributed by atoms with van der Waals surface area (Å²) in [5, 5.41) is 3.77. The van der Waals surface area contributed by atoms with Gasteiger partial charge in [0.2, 0.25) is 0 Å². The first-order valence-corrected chi connectivity index (χ1v) is 12.2. The molecule has 0 spiro atoms. The molecule has 0 unspecified atom stereocenters. The van der Waals surface area contributed by atoms with Crippen molar-refractivity contribution in [2.45, 2.75) is 53.5 Å². The van der Waals surface area contributed by atoms with Crippen molar-refractivity contribution in [2.24, 2.45) is 5.41 Å². The highest BCUT2D eigenvalue weighted by atomic mass is 16.5. The Kier molecular flexibility index (Phi) is 6.81. The van der Waals surface area contributed by atoms with E-state index in [0.29, 0.717) is 17.1 Å². The van der Waals surface area contributed by atoms with Crippen molar-refractivity contribution in [3.63, 3.8) is 0 Å². The van der Waals surface area contributed by atoms with E-state index >= 15 is 0 Å². The number of nitrogens with zero attached hydrogens (tertiary/aromatic N) is 2. The van der Waals surface area contributed by atoms with Crippen LogP contribution in [-0.4, -0.2) is 28.0 Å². The summed E-state index contributed by atoms with van der Waals surface area (Å²) in [6, 6.07) is 18.5. The highest BCUT2D eigenvalue weighted by Gasteiger charge is 2.28. The number of pyridine rings is 1. The van der Waals surface area contributed by atoms with E-state index in [-0.39, 0.29) is 11.0 Å². The van der Waals surface area contributed by atoms with Crippen molar-refractivity contribution in [1.82, 2.24) is 9.38 Å². The lowest BCUT2D eigenvalue weighted by atomic mass is 9.82. The number of aromatic nitrogens is 2. The lowest BCUT2D eigenvalue weighted by Crippen LogP contribution is -2.36. The van der Waals surface area contributed by atoms with Gasteiger partial charge in [0.05, 0.1) is 12.7 Å². The van der Waals surface area contributed by atoms with Crippen LogP contribution in [0, 0.1) is 12.3 Å². The molecule has 0 saturated carbocycles. The summed E-state index contributed by atoms with van der Waals surface area (Å²) in [7, 11) is 1.57. The quantitative estimate of drug-likeness (QED) is 0.222. The number of anilines is 1. The molecule has 0 aliphatic rings. The first-order chi connectivity index (χ1) is 17.0. The highest BCUT2D eigenvalue weighted by Crippen LogP contribution is 2.36. The fourth-order valence-electron chi connectivity index (χ4n) is 4.84. The zero-order chi connectivity index (χ0) is 26.1. The summed E-state index contributed by atoms with van der Waals surface area (Å²) < 4.78 is 13.0. The van der Waals surface area contributed by atoms with Gasteiger partial charge in [-0.15, -0.1) is 0 Å². The van der Waals surface area contributed by atoms with Crippen LogP contribution >= 0.6 is 0 Å². The Bertz CT molecular complexity index is 1400. The highest BCUT2D eigenvalue weighted by molar-refractivity contribution is 5.91. The number of carbonyl (C=O) groups is 1. The minimum Gasteiger partial charge on any atom is -0.497 e. The predicted molar refractivity (Wildman–Crippen MR) is 145 cm³/mol. The standard InChI is InChI=1S/C30H35N3O3/c1-20-11-10-16-33-26(20)31-25(27(33)32-30(5,6)19-29(2,3)4)21-12-8-15-24(17-21)36-28(34)22-13-9-14-23(18-22)35-7/h8-18,32H,19H2,1-7H3. The summed E-state index contributed by atoms with van der Waals surface area (Å²) in [6.07, 6.45) is 3.00. The first-order valence-electron chi connectivity index (χ1n) is 12.2. The third-order valence-electron chi connectivity index (χ3n) is 5.90. The van der Waals surface area contributed by atoms with Crippen molar-refractivity contribution in [3.05, 3.63) is 78.0 Å². The molecule has 0 saturated heterocycles. The molecule has 0 atom stereocenters. The number of hydrogen-bond acceptors (Lipinski definition) is 5. The third-order valence-corrected chi connectivity index (χ3v) is 5.90. The minimum atomic E-state index is -0.443. The maximum absolute atomic E-state index is 12.8. The Labute approximate surface area is 213 Å². The van der Waals surface area contributed by atoms with Crippen LogP contribution in [0.5, 0.6) is 11.5 Å². The molecule has 2 aromatic carbocycles. The number of nitrogens with one attached hydrogen (secondary N) is 1. The first kappa shape index (κ1) is 25.3. The van der Waals surface area contributed by atoms with Gasteiger partial charge in [0.15, 0.2) is 0 Å². The number of ether oxygens (including phenoxy) is 2. The minimum absolute atomic E-state index is 0.154. The summed E-state index contributed by atoms with van der Waals surface area (Å²) in [4.78, 5) is 17.8. The van der Waals surface area contributed by atoms with Crippen LogP contribution in [0.4, 0.5) is 5.82 Å². The molecule has 2 heterocycles. The summed E-state index contributed by atoms with van der Waals surface area (Å²) in [5.41, 5.74) is 4.05. The number of rotatable bonds is 7. The number of carbonyl (C=O) groups excluding carboxylic acids is 1. The molecule has 0 aliphatic heterocycles. The maximum Gasteiger partial charge on any atom is 0.343 e. The van der Waals surface area contributed by atoms with Crippen molar-refractivity contribution < 1.29 is 14.3 Å². The van der Waals surface area contributed by atoms with E-state index in [1.807, 2.05) is 30.5 Å². The number of methoxy groups -OCH3 is 1. The SMILES string of the molecule is COc1cccc(C(=O)Oc2cccc(-c3nc4c(C)cccn4c3NC(C)(C)CC(C)(C)C)c2)c1. The lowest BCUT2D eigenvalue weighted by molar-refractivity contribution is 0.0734. The van der Waals surface area contributed by atoms with Crippen LogP contribution in [-0.2, 0) is 0 Å². The second kappa shape index (κ2) is 9.69. The van der Waals surface area contributed by atoms with E-state index in [0.717, 1.165) is 34.7 Å². The van der Waals surface area contributed by atoms with Crippen LogP contribution < -0.4 is 14.8 Å². The fourth-order valence-corrected chi connectivity index (χ4v) is 4.84. The zero-order valence-corrected chi connectivity index (χ0v) is 22.2. The van der Waals surface area contributed by atoms with Crippen LogP contribution in [0.2, 0.25) is 0 Å². The number of imidazole rings is 1. The number of esters is 1. The van der Waals surface area contributed by atoms with Gasteiger partial charge in [-0.1, -0.05) is 45.0 Å². The van der Waals surface area contributed by atoms with Crippen LogP contribution in [0.15, 0.2) is 66.9 Å². The van der Waals surface area contributed by atoms with Gasteiger partial charge in [-0.05, 0) is 74.6 Å². The molecule has 2 aromatic heterocycles. The van der Waals surface area contributed by atoms with Gasteiger partial charge in [0, 0.05) is 17.3 Å². The molecule has 188 valence electrons. The van der Waals surface area contributed by atoms with Crippen molar-refractivity contribution in [3.8, 4) is 22.8 Å². The van der Waals surface area contributed by atoms with Gasteiger partial charge in [0.1, 0.15) is 28.7 Å². The Balaban J connectivity index is 1.72. The Hall–Kier alpha value is -3.80. The number of aryl methyl sites for hydroxylation is 1. The summed E-state index contributed by atoms with van der Waals surface area (Å²) in [6.45, 7) is 13.2. The molecule has 1 N–H and O–H groups in total. The predicted octanol–water partition coefficient (Wildman–Crippen LogP) is 7.16. The second-order valence-corrected chi connectivity index (χ2v) is 11.1. The van der Waals surface area contributed by atoms with Gasteiger partial charge in [0.25, 0.3) is 0 Å². The van der Waals surface area contributed by atoms with Gasteiger partial charge in [-0.3, -0.25) is 4.40 Å². The number of fused-ring (bicyclic) bond motifs is 1. The molecule has 0 amide bonds. The Morgan fingerprint density at radius 2 is 1.69 bits per heavy atom. The summed E-state index contributed by atoms with van der Waals surface area (Å²) >= 11 is 0. The smallest absolute Gasteiger partial charge is 0.343 e. The van der Waals surface area contributed by atoms with E-state index in [1.165, 1.54) is 0 Å². The van der Waals surface area contributed by atoms with Crippen molar-refractivity contribution in [1.29, 1.82) is 0 Å². The third kappa shape index (κ3) is 5.70. The topological polar surface area (TPSA) is 64.9 Å². The van der Waals surface area contributed by atoms with Gasteiger partial charge >= 0.3 is 5.97 Å². The molecule has 4 aromatic rings. The Morgan fingerprint density at radius 1 is 0.972 bits per heavy atom. The van der Waals surface area contributed by atoms with E-state index in [1.54, 1.807) is 37.4 Å². The largest absolute Gasteiger partial charge is 0.497 e. The zero-order valence-electron chi connectivity index (χ0n) is 22.2. The van der Waals surface area contributed by atoms with Crippen LogP contribution in [0.1, 0.15) is 57.0 Å². The maximum atomic E-state index is 12.8. The molecule has 0 radical (unpaired) electrons. The monoisotopic (exact) mass is 485 g/mol. The molecule has 0 aliphatic carbocycles. The van der Waals surface area contributed by atoms with E-state index < -0.39 is 5.97 Å². The van der Waals surface area contributed by atoms with Crippen molar-refractivity contribution in [2.75, 3.05) is 12.4 Å². The molecular formula is C30H35N3O3. The molecule has 0 bridgehead atoms. The van der Waals surface area contributed by atoms with Crippen LogP contribution in [0.25, 0.3) is 16.9 Å². The molecule has 36 heavy (non-hydrogen) atoms. The molecule has 6 heteroatoms. The lowest BCUT2D eigenvalue weighted by Gasteiger charge is -2.34. The normalized spacial score (nSPS) is 12.0. The van der Waals surface area contributed by atoms with Gasteiger partial charge in [-0.2, -0.15) is 0 Å². The fraction of sp³-hybridized carbons (Fsp3) is 0.333. The van der Waals surface area contributed by atoms with E-state index in [4.69, 9.17) is 14.5 Å². The number of hydrogen-bond donors (Lipinski definition) is 1. The average Bonchev–Trinajstić information content (AvgIpc) is 3.16. The van der Waals surface area contributed by atoms with Gasteiger partial charge in [-0.25, -0.2) is 9.78 Å². The molecule has 6 nitrogen and oxygen atoms in total.